The normalized spacial score (nSPS) is 16.9. The molecule has 204 valence electrons. The number of nitrogens with zero attached hydrogens (tertiary/aromatic N) is 3. The van der Waals surface area contributed by atoms with Gasteiger partial charge in [-0.3, -0.25) is 15.0 Å². The molecule has 0 saturated carbocycles. The molecule has 6 rings (SSSR count). The third-order valence-electron chi connectivity index (χ3n) is 7.53. The third kappa shape index (κ3) is 5.71. The first-order valence-electron chi connectivity index (χ1n) is 13.6. The Labute approximate surface area is 237 Å². The molecule has 1 fully saturated rings. The number of hydrogen-bond acceptors (Lipinski definition) is 6. The van der Waals surface area contributed by atoms with E-state index in [1.807, 2.05) is 41.3 Å². The Hall–Kier alpha value is -4.21. The number of para-hydroxylation sites is 2. The maximum absolute atomic E-state index is 13.2. The molecule has 1 aromatic heterocycles. The molecular formula is C31H32N6O2S. The van der Waals surface area contributed by atoms with E-state index in [0.29, 0.717) is 28.6 Å². The van der Waals surface area contributed by atoms with Crippen LogP contribution in [0.3, 0.4) is 0 Å². The maximum atomic E-state index is 13.2. The van der Waals surface area contributed by atoms with E-state index in [9.17, 15) is 9.59 Å². The molecule has 3 heterocycles. The summed E-state index contributed by atoms with van der Waals surface area (Å²) < 4.78 is 0. The lowest BCUT2D eigenvalue weighted by molar-refractivity contribution is 0.102. The number of carbonyl (C=O) groups is 2. The van der Waals surface area contributed by atoms with Crippen molar-refractivity contribution in [3.05, 3.63) is 106 Å². The van der Waals surface area contributed by atoms with Crippen molar-refractivity contribution >= 4 is 39.8 Å². The Morgan fingerprint density at radius 1 is 0.975 bits per heavy atom. The van der Waals surface area contributed by atoms with Crippen molar-refractivity contribution in [2.45, 2.75) is 38.4 Å². The van der Waals surface area contributed by atoms with Crippen LogP contribution in [0.5, 0.6) is 0 Å². The summed E-state index contributed by atoms with van der Waals surface area (Å²) in [5.41, 5.74) is 11.0. The summed E-state index contributed by atoms with van der Waals surface area (Å²) in [5, 5.41) is 6.58. The zero-order valence-corrected chi connectivity index (χ0v) is 23.0. The predicted molar refractivity (Wildman–Crippen MR) is 159 cm³/mol. The van der Waals surface area contributed by atoms with Gasteiger partial charge in [0.2, 0.25) is 0 Å². The Balaban J connectivity index is 1.11. The van der Waals surface area contributed by atoms with Crippen LogP contribution in [0.25, 0.3) is 0 Å². The van der Waals surface area contributed by atoms with E-state index in [2.05, 4.69) is 39.8 Å². The second-order valence-electron chi connectivity index (χ2n) is 10.3. The summed E-state index contributed by atoms with van der Waals surface area (Å²) in [5.74, 6) is -0.194. The van der Waals surface area contributed by atoms with Crippen LogP contribution in [-0.4, -0.2) is 39.8 Å². The van der Waals surface area contributed by atoms with Crippen LogP contribution < -0.4 is 16.4 Å². The summed E-state index contributed by atoms with van der Waals surface area (Å²) >= 11 is 1.55. The van der Waals surface area contributed by atoms with Gasteiger partial charge in [0, 0.05) is 43.0 Å². The highest BCUT2D eigenvalue weighted by Crippen LogP contribution is 2.34. The number of thiazole rings is 1. The number of hydrogen-bond donors (Lipinski definition) is 3. The first-order chi connectivity index (χ1) is 19.5. The minimum absolute atomic E-state index is 0.111. The van der Waals surface area contributed by atoms with Crippen molar-refractivity contribution < 1.29 is 9.59 Å². The number of nitrogens with one attached hydrogen (secondary N) is 2. The van der Waals surface area contributed by atoms with E-state index in [-0.39, 0.29) is 18.0 Å². The van der Waals surface area contributed by atoms with E-state index in [1.165, 1.54) is 10.4 Å². The highest BCUT2D eigenvalue weighted by Gasteiger charge is 2.31. The van der Waals surface area contributed by atoms with E-state index in [0.717, 1.165) is 50.2 Å². The average Bonchev–Trinajstić information content (AvgIpc) is 3.62. The Kier molecular flexibility index (Phi) is 7.48. The lowest BCUT2D eigenvalue weighted by Gasteiger charge is -2.26. The molecule has 3 aromatic carbocycles. The standard InChI is InChI=1S/C31H32N6O2S/c32-24-12-4-5-13-25(24)34-31(39)37-16-7-14-27(37)22-10-6-11-23(18-22)29(38)35-30-33-26-15-17-36(20-28(26)40-30)19-21-8-2-1-3-9-21/h1-6,8-13,18,27H,7,14-17,19-20,32H2,(H,34,39)(H,33,35,38). The molecule has 0 bridgehead atoms. The zero-order valence-electron chi connectivity index (χ0n) is 22.2. The summed E-state index contributed by atoms with van der Waals surface area (Å²) in [4.78, 5) is 36.5. The lowest BCUT2D eigenvalue weighted by atomic mass is 10.0. The number of likely N-dealkylation sites (tertiary alicyclic amines) is 1. The number of fused-ring (bicyclic) bond motifs is 1. The van der Waals surface area contributed by atoms with Crippen LogP contribution in [0.15, 0.2) is 78.9 Å². The van der Waals surface area contributed by atoms with Gasteiger partial charge in [0.25, 0.3) is 5.91 Å². The van der Waals surface area contributed by atoms with Gasteiger partial charge in [0.05, 0.1) is 23.1 Å². The largest absolute Gasteiger partial charge is 0.397 e. The van der Waals surface area contributed by atoms with Gasteiger partial charge in [-0.25, -0.2) is 9.78 Å². The molecule has 0 spiro atoms. The number of urea groups is 1. The van der Waals surface area contributed by atoms with Gasteiger partial charge >= 0.3 is 6.03 Å². The van der Waals surface area contributed by atoms with Crippen LogP contribution in [0.1, 0.15) is 50.9 Å². The highest BCUT2D eigenvalue weighted by molar-refractivity contribution is 7.15. The fraction of sp³-hybridized carbons (Fsp3) is 0.258. The van der Waals surface area contributed by atoms with Gasteiger partial charge in [0.15, 0.2) is 5.13 Å². The van der Waals surface area contributed by atoms with Gasteiger partial charge in [-0.05, 0) is 48.2 Å². The van der Waals surface area contributed by atoms with E-state index < -0.39 is 0 Å². The molecule has 2 aliphatic heterocycles. The second-order valence-corrected chi connectivity index (χ2v) is 11.4. The molecule has 3 amide bonds. The summed E-state index contributed by atoms with van der Waals surface area (Å²) in [6.07, 6.45) is 2.60. The monoisotopic (exact) mass is 552 g/mol. The lowest BCUT2D eigenvalue weighted by Crippen LogP contribution is -2.34. The number of amides is 3. The fourth-order valence-corrected chi connectivity index (χ4v) is 6.53. The van der Waals surface area contributed by atoms with Gasteiger partial charge in [-0.1, -0.05) is 54.6 Å². The first kappa shape index (κ1) is 26.0. The molecule has 8 nitrogen and oxygen atoms in total. The smallest absolute Gasteiger partial charge is 0.322 e. The van der Waals surface area contributed by atoms with Crippen LogP contribution in [0.2, 0.25) is 0 Å². The van der Waals surface area contributed by atoms with Crippen molar-refractivity contribution in [3.63, 3.8) is 0 Å². The predicted octanol–water partition coefficient (Wildman–Crippen LogP) is 5.90. The SMILES string of the molecule is Nc1ccccc1NC(=O)N1CCCC1c1cccc(C(=O)Nc2nc3c(s2)CN(Cc2ccccc2)CC3)c1. The Morgan fingerprint density at radius 2 is 1.80 bits per heavy atom. The molecule has 1 saturated heterocycles. The number of nitrogen functional groups attached to an aromatic ring is 1. The molecule has 2 aliphatic rings. The number of anilines is 3. The quantitative estimate of drug-likeness (QED) is 0.258. The number of nitrogens with two attached hydrogens (primary N) is 1. The van der Waals surface area contributed by atoms with Crippen molar-refractivity contribution in [2.75, 3.05) is 29.5 Å². The van der Waals surface area contributed by atoms with Gasteiger partial charge in [0.1, 0.15) is 0 Å². The zero-order chi connectivity index (χ0) is 27.5. The number of rotatable bonds is 6. The van der Waals surface area contributed by atoms with Crippen LogP contribution in [0.4, 0.5) is 21.3 Å². The maximum Gasteiger partial charge on any atom is 0.322 e. The van der Waals surface area contributed by atoms with E-state index in [4.69, 9.17) is 10.7 Å². The molecule has 4 N–H and O–H groups in total. The highest BCUT2D eigenvalue weighted by atomic mass is 32.1. The average molecular weight is 553 g/mol. The Morgan fingerprint density at radius 3 is 2.65 bits per heavy atom. The van der Waals surface area contributed by atoms with Crippen LogP contribution in [-0.2, 0) is 19.5 Å². The van der Waals surface area contributed by atoms with Crippen molar-refractivity contribution in [1.29, 1.82) is 0 Å². The molecule has 0 radical (unpaired) electrons. The fourth-order valence-electron chi connectivity index (χ4n) is 5.49. The van der Waals surface area contributed by atoms with Crippen molar-refractivity contribution in [2.24, 2.45) is 0 Å². The molecule has 1 atom stereocenters. The minimum atomic E-state index is -0.194. The summed E-state index contributed by atoms with van der Waals surface area (Å²) in [7, 11) is 0. The molecule has 0 aliphatic carbocycles. The molecule has 4 aromatic rings. The third-order valence-corrected chi connectivity index (χ3v) is 8.53. The molecule has 40 heavy (non-hydrogen) atoms. The van der Waals surface area contributed by atoms with Crippen LogP contribution >= 0.6 is 11.3 Å². The van der Waals surface area contributed by atoms with Crippen LogP contribution in [0, 0.1) is 0 Å². The van der Waals surface area contributed by atoms with Gasteiger partial charge in [-0.15, -0.1) is 11.3 Å². The second kappa shape index (κ2) is 11.5. The summed E-state index contributed by atoms with van der Waals surface area (Å²) in [6.45, 7) is 3.33. The molecule has 9 heteroatoms. The minimum Gasteiger partial charge on any atom is -0.397 e. The van der Waals surface area contributed by atoms with Crippen molar-refractivity contribution in [1.82, 2.24) is 14.8 Å². The summed E-state index contributed by atoms with van der Waals surface area (Å²) in [6, 6.07) is 25.0. The number of benzene rings is 3. The topological polar surface area (TPSA) is 104 Å². The number of aromatic nitrogens is 1. The number of carbonyl (C=O) groups excluding carboxylic acids is 2. The Bertz CT molecular complexity index is 1520. The van der Waals surface area contributed by atoms with E-state index >= 15 is 0 Å². The molecule has 1 unspecified atom stereocenters. The van der Waals surface area contributed by atoms with Gasteiger partial charge < -0.3 is 16.0 Å². The molecular weight excluding hydrogens is 520 g/mol. The van der Waals surface area contributed by atoms with Crippen molar-refractivity contribution in [3.8, 4) is 0 Å². The van der Waals surface area contributed by atoms with E-state index in [1.54, 1.807) is 29.5 Å². The van der Waals surface area contributed by atoms with Gasteiger partial charge in [-0.2, -0.15) is 0 Å². The first-order valence-corrected chi connectivity index (χ1v) is 14.4.